The fourth-order valence-corrected chi connectivity index (χ4v) is 3.45. The van der Waals surface area contributed by atoms with Crippen molar-refractivity contribution in [2.75, 3.05) is 13.1 Å². The van der Waals surface area contributed by atoms with Gasteiger partial charge in [-0.25, -0.2) is 4.79 Å². The van der Waals surface area contributed by atoms with Gasteiger partial charge in [-0.15, -0.1) is 0 Å². The fourth-order valence-electron chi connectivity index (χ4n) is 3.45. The molecule has 0 unspecified atom stereocenters. The first-order valence-electron chi connectivity index (χ1n) is 8.47. The molecule has 2 aliphatic rings. The highest BCUT2D eigenvalue weighted by molar-refractivity contribution is 5.92. The third-order valence-corrected chi connectivity index (χ3v) is 5.18. The molecule has 3 N–H and O–H groups in total. The zero-order valence-electron chi connectivity index (χ0n) is 13.9. The second-order valence-electron chi connectivity index (χ2n) is 6.63. The van der Waals surface area contributed by atoms with Crippen molar-refractivity contribution in [1.29, 1.82) is 0 Å². The van der Waals surface area contributed by atoms with Gasteiger partial charge >= 0.3 is 5.97 Å². The molecule has 2 amide bonds. The average molecular weight is 325 g/mol. The molecule has 4 atom stereocenters. The predicted octanol–water partition coefficient (Wildman–Crippen LogP) is 0.426. The summed E-state index contributed by atoms with van der Waals surface area (Å²) in [4.78, 5) is 39.7. The van der Waals surface area contributed by atoms with Crippen LogP contribution in [0.3, 0.4) is 0 Å². The van der Waals surface area contributed by atoms with Crippen LogP contribution >= 0.6 is 0 Å². The topological polar surface area (TPSA) is 104 Å². The number of aliphatic carboxylic acids is 1. The molecule has 0 aliphatic carbocycles. The van der Waals surface area contributed by atoms with Gasteiger partial charge in [-0.05, 0) is 31.6 Å². The summed E-state index contributed by atoms with van der Waals surface area (Å²) in [6.45, 7) is 4.87. The first-order valence-corrected chi connectivity index (χ1v) is 8.47. The third-order valence-electron chi connectivity index (χ3n) is 5.18. The molecule has 0 bridgehead atoms. The highest BCUT2D eigenvalue weighted by Crippen LogP contribution is 2.26. The Morgan fingerprint density at radius 1 is 1.13 bits per heavy atom. The van der Waals surface area contributed by atoms with Gasteiger partial charge in [-0.2, -0.15) is 0 Å². The molecular weight excluding hydrogens is 298 g/mol. The summed E-state index contributed by atoms with van der Waals surface area (Å²) >= 11 is 0. The summed E-state index contributed by atoms with van der Waals surface area (Å²) in [5, 5.41) is 9.25. The van der Waals surface area contributed by atoms with E-state index in [4.69, 9.17) is 5.73 Å². The Labute approximate surface area is 136 Å². The van der Waals surface area contributed by atoms with E-state index in [1.54, 1.807) is 4.90 Å². The number of hydrogen-bond acceptors (Lipinski definition) is 4. The van der Waals surface area contributed by atoms with Gasteiger partial charge in [0.2, 0.25) is 11.8 Å². The van der Waals surface area contributed by atoms with Crippen molar-refractivity contribution < 1.29 is 19.5 Å². The van der Waals surface area contributed by atoms with E-state index in [0.717, 1.165) is 12.8 Å². The molecular formula is C16H27N3O4. The van der Waals surface area contributed by atoms with Crippen LogP contribution < -0.4 is 5.73 Å². The lowest BCUT2D eigenvalue weighted by atomic mass is 9.98. The van der Waals surface area contributed by atoms with Crippen molar-refractivity contribution >= 4 is 17.8 Å². The molecule has 23 heavy (non-hydrogen) atoms. The summed E-state index contributed by atoms with van der Waals surface area (Å²) in [7, 11) is 0. The summed E-state index contributed by atoms with van der Waals surface area (Å²) in [6.07, 6.45) is 3.30. The van der Waals surface area contributed by atoms with Crippen LogP contribution in [0.25, 0.3) is 0 Å². The number of amides is 2. The first kappa shape index (κ1) is 17.7. The second-order valence-corrected chi connectivity index (χ2v) is 6.63. The summed E-state index contributed by atoms with van der Waals surface area (Å²) in [6, 6.07) is -1.93. The molecule has 0 aromatic heterocycles. The minimum absolute atomic E-state index is 0.0532. The van der Waals surface area contributed by atoms with Crippen LogP contribution in [-0.4, -0.2) is 63.9 Å². The van der Waals surface area contributed by atoms with Gasteiger partial charge in [-0.3, -0.25) is 9.59 Å². The maximum Gasteiger partial charge on any atom is 0.326 e. The van der Waals surface area contributed by atoms with Gasteiger partial charge < -0.3 is 20.6 Å². The number of likely N-dealkylation sites (tertiary alicyclic amines) is 2. The predicted molar refractivity (Wildman–Crippen MR) is 84.5 cm³/mol. The van der Waals surface area contributed by atoms with E-state index >= 15 is 0 Å². The lowest BCUT2D eigenvalue weighted by molar-refractivity contribution is -0.152. The van der Waals surface area contributed by atoms with Crippen molar-refractivity contribution in [3.63, 3.8) is 0 Å². The lowest BCUT2D eigenvalue weighted by Gasteiger charge is -2.32. The van der Waals surface area contributed by atoms with Gasteiger partial charge in [0.1, 0.15) is 12.1 Å². The highest BCUT2D eigenvalue weighted by Gasteiger charge is 2.43. The largest absolute Gasteiger partial charge is 0.480 e. The maximum atomic E-state index is 12.8. The SMILES string of the molecule is CC[C@H](C)[C@H](N)C(=O)N1CCC[C@H]1C(=O)N1CCC[C@@H]1C(=O)O. The van der Waals surface area contributed by atoms with E-state index in [0.29, 0.717) is 32.4 Å². The molecule has 2 heterocycles. The van der Waals surface area contributed by atoms with Crippen molar-refractivity contribution in [2.45, 2.75) is 64.1 Å². The van der Waals surface area contributed by atoms with Crippen LogP contribution in [0, 0.1) is 5.92 Å². The number of carbonyl (C=O) groups is 3. The van der Waals surface area contributed by atoms with E-state index in [9.17, 15) is 19.5 Å². The molecule has 0 aromatic rings. The average Bonchev–Trinajstić information content (AvgIpc) is 3.20. The van der Waals surface area contributed by atoms with E-state index in [2.05, 4.69) is 0 Å². The molecule has 7 nitrogen and oxygen atoms in total. The van der Waals surface area contributed by atoms with Crippen LogP contribution in [-0.2, 0) is 14.4 Å². The van der Waals surface area contributed by atoms with E-state index in [1.165, 1.54) is 4.90 Å². The quantitative estimate of drug-likeness (QED) is 0.762. The lowest BCUT2D eigenvalue weighted by Crippen LogP contribution is -2.55. The van der Waals surface area contributed by atoms with Crippen molar-refractivity contribution in [3.8, 4) is 0 Å². The summed E-state index contributed by atoms with van der Waals surface area (Å²) in [5.74, 6) is -1.35. The summed E-state index contributed by atoms with van der Waals surface area (Å²) in [5.41, 5.74) is 6.03. The Balaban J connectivity index is 2.10. The number of carbonyl (C=O) groups excluding carboxylic acids is 2. The Bertz CT molecular complexity index is 482. The fraction of sp³-hybridized carbons (Fsp3) is 0.812. The molecule has 2 fully saturated rings. The van der Waals surface area contributed by atoms with Crippen LogP contribution in [0.1, 0.15) is 46.0 Å². The molecule has 2 aliphatic heterocycles. The van der Waals surface area contributed by atoms with Crippen LogP contribution in [0.5, 0.6) is 0 Å². The Morgan fingerprint density at radius 2 is 1.70 bits per heavy atom. The van der Waals surface area contributed by atoms with Crippen molar-refractivity contribution in [1.82, 2.24) is 9.80 Å². The minimum atomic E-state index is -0.969. The number of nitrogens with zero attached hydrogens (tertiary/aromatic N) is 2. The third kappa shape index (κ3) is 3.49. The number of hydrogen-bond donors (Lipinski definition) is 2. The smallest absolute Gasteiger partial charge is 0.326 e. The number of carboxylic acids is 1. The maximum absolute atomic E-state index is 12.8. The van der Waals surface area contributed by atoms with Gasteiger partial charge in [0.05, 0.1) is 6.04 Å². The normalized spacial score (nSPS) is 27.1. The molecule has 0 aromatic carbocycles. The monoisotopic (exact) mass is 325 g/mol. The molecule has 2 rings (SSSR count). The molecule has 130 valence electrons. The highest BCUT2D eigenvalue weighted by atomic mass is 16.4. The zero-order valence-corrected chi connectivity index (χ0v) is 13.9. The Hall–Kier alpha value is -1.63. The zero-order chi connectivity index (χ0) is 17.1. The molecule has 0 radical (unpaired) electrons. The number of nitrogens with two attached hydrogens (primary N) is 1. The Morgan fingerprint density at radius 3 is 2.26 bits per heavy atom. The molecule has 2 saturated heterocycles. The van der Waals surface area contributed by atoms with E-state index in [-0.39, 0.29) is 17.7 Å². The van der Waals surface area contributed by atoms with Gasteiger partial charge in [-0.1, -0.05) is 20.3 Å². The van der Waals surface area contributed by atoms with E-state index in [1.807, 2.05) is 13.8 Å². The minimum Gasteiger partial charge on any atom is -0.480 e. The number of carboxylic acid groups (broad SMARTS) is 1. The number of rotatable bonds is 5. The van der Waals surface area contributed by atoms with Gasteiger partial charge in [0.15, 0.2) is 0 Å². The van der Waals surface area contributed by atoms with Gasteiger partial charge in [0.25, 0.3) is 0 Å². The second kappa shape index (κ2) is 7.29. The summed E-state index contributed by atoms with van der Waals surface area (Å²) < 4.78 is 0. The Kier molecular flexibility index (Phi) is 5.62. The van der Waals surface area contributed by atoms with Gasteiger partial charge in [0, 0.05) is 13.1 Å². The van der Waals surface area contributed by atoms with Crippen molar-refractivity contribution in [2.24, 2.45) is 11.7 Å². The molecule has 0 saturated carbocycles. The van der Waals surface area contributed by atoms with Crippen LogP contribution in [0.2, 0.25) is 0 Å². The molecule has 0 spiro atoms. The molecule has 7 heteroatoms. The van der Waals surface area contributed by atoms with Crippen molar-refractivity contribution in [3.05, 3.63) is 0 Å². The van der Waals surface area contributed by atoms with Crippen LogP contribution in [0.4, 0.5) is 0 Å². The first-order chi connectivity index (χ1) is 10.9. The standard InChI is InChI=1S/C16H27N3O4/c1-3-10(2)13(17)15(21)18-8-4-6-11(18)14(20)19-9-5-7-12(19)16(22)23/h10-13H,3-9,17H2,1-2H3,(H,22,23)/t10-,11-,12+,13-/m0/s1. The van der Waals surface area contributed by atoms with E-state index < -0.39 is 24.1 Å². The van der Waals surface area contributed by atoms with Crippen LogP contribution in [0.15, 0.2) is 0 Å².